The topological polar surface area (TPSA) is 45.3 Å². The molecular weight excluding hydrogens is 288 g/mol. The SMILES string of the molecule is CCOC(=O)N(C)[C@H]1[C@@H]2CC[C@@H](C2)[C@@H]1c1c[nH]c2ccccc12. The van der Waals surface area contributed by atoms with Gasteiger partial charge in [-0.05, 0) is 49.7 Å². The first-order chi connectivity index (χ1) is 11.2. The molecule has 2 fully saturated rings. The molecule has 1 heterocycles. The molecule has 2 aromatic rings. The number of ether oxygens (including phenoxy) is 1. The second-order valence-corrected chi connectivity index (χ2v) is 6.95. The molecule has 2 bridgehead atoms. The van der Waals surface area contributed by atoms with Crippen LogP contribution in [0.2, 0.25) is 0 Å². The highest BCUT2D eigenvalue weighted by atomic mass is 16.6. The summed E-state index contributed by atoms with van der Waals surface area (Å²) in [5, 5.41) is 1.30. The fourth-order valence-electron chi connectivity index (χ4n) is 4.97. The van der Waals surface area contributed by atoms with Crippen LogP contribution in [0.25, 0.3) is 10.9 Å². The maximum absolute atomic E-state index is 12.3. The Morgan fingerprint density at radius 1 is 1.30 bits per heavy atom. The molecule has 0 aliphatic heterocycles. The summed E-state index contributed by atoms with van der Waals surface area (Å²) >= 11 is 0. The molecule has 1 amide bonds. The lowest BCUT2D eigenvalue weighted by molar-refractivity contribution is 0.0833. The van der Waals surface area contributed by atoms with Crippen LogP contribution in [0.15, 0.2) is 30.5 Å². The Morgan fingerprint density at radius 3 is 2.91 bits per heavy atom. The number of rotatable bonds is 3. The average Bonchev–Trinajstić information content (AvgIpc) is 3.27. The van der Waals surface area contributed by atoms with Gasteiger partial charge in [-0.15, -0.1) is 0 Å². The van der Waals surface area contributed by atoms with Crippen LogP contribution >= 0.6 is 0 Å². The molecule has 2 aliphatic carbocycles. The molecule has 0 saturated heterocycles. The predicted molar refractivity (Wildman–Crippen MR) is 90.4 cm³/mol. The van der Waals surface area contributed by atoms with Gasteiger partial charge in [0.25, 0.3) is 0 Å². The van der Waals surface area contributed by atoms with Gasteiger partial charge in [0.1, 0.15) is 0 Å². The van der Waals surface area contributed by atoms with E-state index in [0.29, 0.717) is 24.4 Å². The van der Waals surface area contributed by atoms with Gasteiger partial charge < -0.3 is 14.6 Å². The summed E-state index contributed by atoms with van der Waals surface area (Å²) in [6.07, 6.45) is 5.72. The predicted octanol–water partition coefficient (Wildman–Crippen LogP) is 4.14. The number of aromatic amines is 1. The van der Waals surface area contributed by atoms with E-state index in [9.17, 15) is 4.79 Å². The number of carbonyl (C=O) groups is 1. The number of aromatic nitrogens is 1. The number of benzene rings is 1. The summed E-state index contributed by atoms with van der Waals surface area (Å²) in [4.78, 5) is 17.5. The van der Waals surface area contributed by atoms with E-state index < -0.39 is 0 Å². The van der Waals surface area contributed by atoms with E-state index in [1.54, 1.807) is 0 Å². The lowest BCUT2D eigenvalue weighted by atomic mass is 9.79. The lowest BCUT2D eigenvalue weighted by Crippen LogP contribution is -2.44. The van der Waals surface area contributed by atoms with Crippen molar-refractivity contribution in [1.29, 1.82) is 0 Å². The summed E-state index contributed by atoms with van der Waals surface area (Å²) in [6.45, 7) is 2.30. The smallest absolute Gasteiger partial charge is 0.409 e. The van der Waals surface area contributed by atoms with Crippen LogP contribution in [0.4, 0.5) is 4.79 Å². The van der Waals surface area contributed by atoms with Crippen molar-refractivity contribution in [3.63, 3.8) is 0 Å². The van der Waals surface area contributed by atoms with E-state index in [0.717, 1.165) is 0 Å². The van der Waals surface area contributed by atoms with Crippen molar-refractivity contribution in [2.75, 3.05) is 13.7 Å². The highest BCUT2D eigenvalue weighted by Crippen LogP contribution is 2.55. The zero-order valence-corrected chi connectivity index (χ0v) is 13.8. The highest BCUT2D eigenvalue weighted by molar-refractivity contribution is 5.84. The molecule has 4 nitrogen and oxygen atoms in total. The van der Waals surface area contributed by atoms with E-state index in [-0.39, 0.29) is 12.1 Å². The van der Waals surface area contributed by atoms with E-state index in [4.69, 9.17) is 4.74 Å². The number of carbonyl (C=O) groups excluding carboxylic acids is 1. The summed E-state index contributed by atoms with van der Waals surface area (Å²) in [5.41, 5.74) is 2.55. The Bertz CT molecular complexity index is 723. The number of hydrogen-bond acceptors (Lipinski definition) is 2. The van der Waals surface area contributed by atoms with Crippen molar-refractivity contribution in [3.8, 4) is 0 Å². The molecule has 2 saturated carbocycles. The molecule has 0 spiro atoms. The number of H-pyrrole nitrogens is 1. The average molecular weight is 312 g/mol. The minimum atomic E-state index is -0.185. The molecular formula is C19H24N2O2. The van der Waals surface area contributed by atoms with Gasteiger partial charge in [0, 0.05) is 36.1 Å². The third-order valence-corrected chi connectivity index (χ3v) is 5.86. The van der Waals surface area contributed by atoms with Crippen LogP contribution in [-0.4, -0.2) is 35.7 Å². The third-order valence-electron chi connectivity index (χ3n) is 5.86. The molecule has 1 N–H and O–H groups in total. The molecule has 4 rings (SSSR count). The van der Waals surface area contributed by atoms with Gasteiger partial charge in [0.15, 0.2) is 0 Å². The molecule has 1 aromatic carbocycles. The fraction of sp³-hybridized carbons (Fsp3) is 0.526. The van der Waals surface area contributed by atoms with Crippen molar-refractivity contribution in [3.05, 3.63) is 36.0 Å². The van der Waals surface area contributed by atoms with Crippen LogP contribution in [0.1, 0.15) is 37.7 Å². The van der Waals surface area contributed by atoms with Crippen molar-refractivity contribution in [2.24, 2.45) is 11.8 Å². The Kier molecular flexibility index (Phi) is 3.55. The van der Waals surface area contributed by atoms with Gasteiger partial charge in [-0.25, -0.2) is 4.79 Å². The number of nitrogens with one attached hydrogen (secondary N) is 1. The van der Waals surface area contributed by atoms with Crippen LogP contribution in [-0.2, 0) is 4.74 Å². The quantitative estimate of drug-likeness (QED) is 0.926. The van der Waals surface area contributed by atoms with Gasteiger partial charge in [-0.1, -0.05) is 18.2 Å². The minimum absolute atomic E-state index is 0.185. The maximum atomic E-state index is 12.3. The maximum Gasteiger partial charge on any atom is 0.409 e. The first-order valence-electron chi connectivity index (χ1n) is 8.66. The summed E-state index contributed by atoms with van der Waals surface area (Å²) in [7, 11) is 1.91. The first-order valence-corrected chi connectivity index (χ1v) is 8.66. The van der Waals surface area contributed by atoms with Crippen LogP contribution in [0.3, 0.4) is 0 Å². The number of para-hydroxylation sites is 1. The molecule has 1 aromatic heterocycles. The normalized spacial score (nSPS) is 29.1. The fourth-order valence-corrected chi connectivity index (χ4v) is 4.97. The molecule has 4 atom stereocenters. The Labute approximate surface area is 136 Å². The molecule has 23 heavy (non-hydrogen) atoms. The summed E-state index contributed by atoms with van der Waals surface area (Å²) < 4.78 is 5.26. The van der Waals surface area contributed by atoms with E-state index in [1.807, 2.05) is 18.9 Å². The van der Waals surface area contributed by atoms with E-state index in [1.165, 1.54) is 35.7 Å². The van der Waals surface area contributed by atoms with Gasteiger partial charge in [0.2, 0.25) is 0 Å². The van der Waals surface area contributed by atoms with Gasteiger partial charge in [-0.2, -0.15) is 0 Å². The van der Waals surface area contributed by atoms with Crippen LogP contribution in [0, 0.1) is 11.8 Å². The molecule has 0 radical (unpaired) electrons. The number of likely N-dealkylation sites (N-methyl/N-ethyl adjacent to an activating group) is 1. The minimum Gasteiger partial charge on any atom is -0.450 e. The number of hydrogen-bond donors (Lipinski definition) is 1. The molecule has 122 valence electrons. The van der Waals surface area contributed by atoms with Crippen molar-refractivity contribution >= 4 is 17.0 Å². The highest BCUT2D eigenvalue weighted by Gasteiger charge is 2.51. The Balaban J connectivity index is 1.72. The second-order valence-electron chi connectivity index (χ2n) is 6.95. The number of nitrogens with zero attached hydrogens (tertiary/aromatic N) is 1. The molecule has 2 aliphatic rings. The van der Waals surface area contributed by atoms with Crippen LogP contribution < -0.4 is 0 Å². The standard InChI is InChI=1S/C19H24N2O2/c1-3-23-19(22)21(2)18-13-9-8-12(10-13)17(18)15-11-20-16-7-5-4-6-14(15)16/h4-7,11-13,17-18,20H,3,8-10H2,1-2H3/t12-,13+,17+,18-/m0/s1. The van der Waals surface area contributed by atoms with Crippen molar-refractivity contribution in [2.45, 2.75) is 38.1 Å². The van der Waals surface area contributed by atoms with Gasteiger partial charge >= 0.3 is 6.09 Å². The lowest BCUT2D eigenvalue weighted by Gasteiger charge is -2.37. The van der Waals surface area contributed by atoms with E-state index in [2.05, 4.69) is 35.4 Å². The Hall–Kier alpha value is -1.97. The zero-order chi connectivity index (χ0) is 16.0. The van der Waals surface area contributed by atoms with Gasteiger partial charge in [-0.3, -0.25) is 0 Å². The monoisotopic (exact) mass is 312 g/mol. The number of amides is 1. The van der Waals surface area contributed by atoms with Crippen molar-refractivity contribution in [1.82, 2.24) is 9.88 Å². The Morgan fingerprint density at radius 2 is 2.09 bits per heavy atom. The third kappa shape index (κ3) is 2.23. The van der Waals surface area contributed by atoms with Crippen molar-refractivity contribution < 1.29 is 9.53 Å². The molecule has 4 heteroatoms. The first kappa shape index (κ1) is 14.6. The second kappa shape index (κ2) is 5.59. The van der Waals surface area contributed by atoms with Gasteiger partial charge in [0.05, 0.1) is 6.61 Å². The largest absolute Gasteiger partial charge is 0.450 e. The molecule has 0 unspecified atom stereocenters. The van der Waals surface area contributed by atoms with E-state index >= 15 is 0 Å². The zero-order valence-electron chi connectivity index (χ0n) is 13.8. The summed E-state index contributed by atoms with van der Waals surface area (Å²) in [5.74, 6) is 1.70. The number of fused-ring (bicyclic) bond motifs is 3. The van der Waals surface area contributed by atoms with Crippen LogP contribution in [0.5, 0.6) is 0 Å². The summed E-state index contributed by atoms with van der Waals surface area (Å²) in [6, 6.07) is 8.72.